The van der Waals surface area contributed by atoms with Crippen LogP contribution in [0.3, 0.4) is 0 Å². The molecule has 0 aliphatic carbocycles. The molecule has 1 aromatic heterocycles. The summed E-state index contributed by atoms with van der Waals surface area (Å²) in [4.78, 5) is 43.1. The maximum Gasteiger partial charge on any atom is 0.262 e. The van der Waals surface area contributed by atoms with Crippen molar-refractivity contribution >= 4 is 34.4 Å². The Hall–Kier alpha value is -3.04. The van der Waals surface area contributed by atoms with E-state index in [1.165, 1.54) is 24.3 Å². The molecule has 1 aliphatic heterocycles. The van der Waals surface area contributed by atoms with E-state index in [2.05, 4.69) is 10.3 Å². The number of ketones is 1. The SMILES string of the molecule is CCCNC(=O)c1ccc2c(=O)n(C[C@H]3CCCO3)c(SCC(=O)c3ccc(F)cc3)nc2c1. The van der Waals surface area contributed by atoms with Crippen molar-refractivity contribution in [2.45, 2.75) is 44.0 Å². The third-order valence-corrected chi connectivity index (χ3v) is 6.60. The molecule has 2 heterocycles. The number of carbonyl (C=O) groups excluding carboxylic acids is 2. The molecule has 0 saturated carbocycles. The molecule has 178 valence electrons. The van der Waals surface area contributed by atoms with Gasteiger partial charge in [-0.05, 0) is 61.7 Å². The van der Waals surface area contributed by atoms with Crippen LogP contribution >= 0.6 is 11.8 Å². The molecule has 1 fully saturated rings. The van der Waals surface area contributed by atoms with E-state index in [-0.39, 0.29) is 29.1 Å². The average Bonchev–Trinajstić information content (AvgIpc) is 3.36. The summed E-state index contributed by atoms with van der Waals surface area (Å²) in [5, 5.41) is 3.61. The number of rotatable bonds is 9. The predicted octanol–water partition coefficient (Wildman–Crippen LogP) is 3.83. The van der Waals surface area contributed by atoms with Crippen LogP contribution in [0.2, 0.25) is 0 Å². The minimum absolute atomic E-state index is 0.0335. The van der Waals surface area contributed by atoms with Gasteiger partial charge in [0.1, 0.15) is 5.82 Å². The van der Waals surface area contributed by atoms with E-state index in [4.69, 9.17) is 4.74 Å². The molecule has 1 atom stereocenters. The van der Waals surface area contributed by atoms with Crippen LogP contribution in [0.5, 0.6) is 0 Å². The van der Waals surface area contributed by atoms with Gasteiger partial charge >= 0.3 is 0 Å². The van der Waals surface area contributed by atoms with Crippen molar-refractivity contribution in [3.63, 3.8) is 0 Å². The summed E-state index contributed by atoms with van der Waals surface area (Å²) in [5.41, 5.74) is 0.966. The van der Waals surface area contributed by atoms with Crippen LogP contribution in [0, 0.1) is 5.82 Å². The van der Waals surface area contributed by atoms with Gasteiger partial charge in [-0.1, -0.05) is 18.7 Å². The normalized spacial score (nSPS) is 15.5. The second kappa shape index (κ2) is 10.9. The zero-order valence-corrected chi connectivity index (χ0v) is 19.7. The van der Waals surface area contributed by atoms with Crippen molar-refractivity contribution in [2.24, 2.45) is 0 Å². The van der Waals surface area contributed by atoms with Gasteiger partial charge in [0.05, 0.1) is 29.3 Å². The zero-order valence-electron chi connectivity index (χ0n) is 18.9. The van der Waals surface area contributed by atoms with E-state index in [0.717, 1.165) is 31.0 Å². The van der Waals surface area contributed by atoms with Crippen LogP contribution in [0.25, 0.3) is 10.9 Å². The molecule has 9 heteroatoms. The summed E-state index contributed by atoms with van der Waals surface area (Å²) in [6, 6.07) is 10.2. The first-order valence-electron chi connectivity index (χ1n) is 11.3. The van der Waals surface area contributed by atoms with Gasteiger partial charge in [-0.25, -0.2) is 9.37 Å². The second-order valence-electron chi connectivity index (χ2n) is 8.15. The Morgan fingerprint density at radius 1 is 1.21 bits per heavy atom. The third-order valence-electron chi connectivity index (χ3n) is 5.63. The van der Waals surface area contributed by atoms with Gasteiger partial charge in [-0.3, -0.25) is 19.0 Å². The second-order valence-corrected chi connectivity index (χ2v) is 9.09. The Morgan fingerprint density at radius 2 is 1.97 bits per heavy atom. The molecule has 1 aliphatic rings. The van der Waals surface area contributed by atoms with E-state index < -0.39 is 5.82 Å². The first-order valence-corrected chi connectivity index (χ1v) is 12.3. The molecule has 1 N–H and O–H groups in total. The molecule has 0 unspecified atom stereocenters. The summed E-state index contributed by atoms with van der Waals surface area (Å²) < 4.78 is 20.5. The Balaban J connectivity index is 1.66. The molecule has 34 heavy (non-hydrogen) atoms. The Labute approximate surface area is 200 Å². The van der Waals surface area contributed by atoms with Crippen LogP contribution in [0.4, 0.5) is 4.39 Å². The topological polar surface area (TPSA) is 90.3 Å². The number of fused-ring (bicyclic) bond motifs is 1. The maximum absolute atomic E-state index is 13.4. The van der Waals surface area contributed by atoms with Gasteiger partial charge < -0.3 is 10.1 Å². The number of benzene rings is 2. The minimum atomic E-state index is -0.412. The first kappa shape index (κ1) is 24.1. The molecule has 1 saturated heterocycles. The van der Waals surface area contributed by atoms with Gasteiger partial charge in [-0.2, -0.15) is 0 Å². The molecule has 3 aromatic rings. The molecule has 1 amide bonds. The van der Waals surface area contributed by atoms with Crippen LogP contribution in [0.15, 0.2) is 52.4 Å². The Bertz CT molecular complexity index is 1250. The van der Waals surface area contributed by atoms with Crippen molar-refractivity contribution in [3.8, 4) is 0 Å². The molecule has 0 spiro atoms. The third kappa shape index (κ3) is 5.53. The fraction of sp³-hybridized carbons (Fsp3) is 0.360. The summed E-state index contributed by atoms with van der Waals surface area (Å²) in [6.45, 7) is 3.52. The first-order chi connectivity index (χ1) is 16.5. The molecular formula is C25H26FN3O4S. The highest BCUT2D eigenvalue weighted by Crippen LogP contribution is 2.23. The number of nitrogens with zero attached hydrogens (tertiary/aromatic N) is 2. The quantitative estimate of drug-likeness (QED) is 0.283. The number of ether oxygens (including phenoxy) is 1. The van der Waals surface area contributed by atoms with Crippen molar-refractivity contribution in [1.82, 2.24) is 14.9 Å². The van der Waals surface area contributed by atoms with Crippen LogP contribution in [-0.2, 0) is 11.3 Å². The monoisotopic (exact) mass is 483 g/mol. The zero-order chi connectivity index (χ0) is 24.1. The summed E-state index contributed by atoms with van der Waals surface area (Å²) in [7, 11) is 0. The van der Waals surface area contributed by atoms with E-state index in [1.807, 2.05) is 6.92 Å². The van der Waals surface area contributed by atoms with Gasteiger partial charge in [0.2, 0.25) is 0 Å². The standard InChI is InChI=1S/C25H26FN3O4S/c1-2-11-27-23(31)17-7-10-20-21(13-17)28-25(29(24(20)32)14-19-4-3-12-33-19)34-15-22(30)16-5-8-18(26)9-6-16/h5-10,13,19H,2-4,11-12,14-15H2,1H3,(H,27,31)/t19-/m1/s1. The average molecular weight is 484 g/mol. The summed E-state index contributed by atoms with van der Waals surface area (Å²) >= 11 is 1.15. The number of carbonyl (C=O) groups is 2. The molecule has 0 radical (unpaired) electrons. The van der Waals surface area contributed by atoms with Crippen LogP contribution in [-0.4, -0.2) is 46.2 Å². The highest BCUT2D eigenvalue weighted by atomic mass is 32.2. The van der Waals surface area contributed by atoms with Crippen LogP contribution in [0.1, 0.15) is 46.9 Å². The van der Waals surface area contributed by atoms with Crippen molar-refractivity contribution < 1.29 is 18.7 Å². The number of halogens is 1. The number of Topliss-reactive ketones (excluding diaryl/α,β-unsaturated/α-hetero) is 1. The maximum atomic E-state index is 13.4. The lowest BCUT2D eigenvalue weighted by Gasteiger charge is -2.16. The smallest absolute Gasteiger partial charge is 0.262 e. The van der Waals surface area contributed by atoms with Gasteiger partial charge in [0.15, 0.2) is 10.9 Å². The lowest BCUT2D eigenvalue weighted by molar-refractivity contribution is 0.0937. The number of amides is 1. The molecule has 7 nitrogen and oxygen atoms in total. The predicted molar refractivity (Wildman–Crippen MR) is 129 cm³/mol. The number of thioether (sulfide) groups is 1. The lowest BCUT2D eigenvalue weighted by Crippen LogP contribution is -2.29. The van der Waals surface area contributed by atoms with E-state index >= 15 is 0 Å². The molecule has 4 rings (SSSR count). The molecule has 0 bridgehead atoms. The van der Waals surface area contributed by atoms with Gasteiger partial charge in [0.25, 0.3) is 11.5 Å². The number of hydrogen-bond acceptors (Lipinski definition) is 6. The van der Waals surface area contributed by atoms with E-state index in [1.54, 1.807) is 22.8 Å². The highest BCUT2D eigenvalue weighted by Gasteiger charge is 2.21. The fourth-order valence-electron chi connectivity index (χ4n) is 3.79. The van der Waals surface area contributed by atoms with Crippen molar-refractivity contribution in [1.29, 1.82) is 0 Å². The lowest BCUT2D eigenvalue weighted by atomic mass is 10.1. The van der Waals surface area contributed by atoms with Gasteiger partial charge in [-0.15, -0.1) is 0 Å². The van der Waals surface area contributed by atoms with Gasteiger partial charge in [0, 0.05) is 24.3 Å². The summed E-state index contributed by atoms with van der Waals surface area (Å²) in [5.74, 6) is -0.804. The summed E-state index contributed by atoms with van der Waals surface area (Å²) in [6.07, 6.45) is 2.50. The van der Waals surface area contributed by atoms with Crippen molar-refractivity contribution in [2.75, 3.05) is 18.9 Å². The molecular weight excluding hydrogens is 457 g/mol. The number of aromatic nitrogens is 2. The van der Waals surface area contributed by atoms with E-state index in [0.29, 0.717) is 46.9 Å². The fourth-order valence-corrected chi connectivity index (χ4v) is 4.70. The van der Waals surface area contributed by atoms with E-state index in [9.17, 15) is 18.8 Å². The Morgan fingerprint density at radius 3 is 2.68 bits per heavy atom. The van der Waals surface area contributed by atoms with Crippen molar-refractivity contribution in [3.05, 3.63) is 69.8 Å². The Kier molecular flexibility index (Phi) is 7.74. The largest absolute Gasteiger partial charge is 0.376 e. The molecule has 2 aromatic carbocycles. The highest BCUT2D eigenvalue weighted by molar-refractivity contribution is 7.99. The number of hydrogen-bond donors (Lipinski definition) is 1. The van der Waals surface area contributed by atoms with Crippen LogP contribution < -0.4 is 10.9 Å². The minimum Gasteiger partial charge on any atom is -0.376 e. The number of nitrogens with one attached hydrogen (secondary N) is 1.